The summed E-state index contributed by atoms with van der Waals surface area (Å²) in [5.74, 6) is 2.70. The van der Waals surface area contributed by atoms with Gasteiger partial charge in [0.15, 0.2) is 0 Å². The molecule has 40 heavy (non-hydrogen) atoms. The smallest absolute Gasteiger partial charge is 0.127 e. The molecule has 5 atom stereocenters. The van der Waals surface area contributed by atoms with Gasteiger partial charge in [-0.2, -0.15) is 0 Å². The largest absolute Gasteiger partial charge is 0.314 e. The molecule has 0 bridgehead atoms. The Morgan fingerprint density at radius 2 is 1.20 bits per heavy atom. The highest BCUT2D eigenvalue weighted by Crippen LogP contribution is 2.63. The Balaban J connectivity index is 1.70. The number of fused-ring (bicyclic) bond motifs is 5. The van der Waals surface area contributed by atoms with E-state index in [-0.39, 0.29) is 27.3 Å². The van der Waals surface area contributed by atoms with Crippen LogP contribution in [-0.4, -0.2) is 23.9 Å². The van der Waals surface area contributed by atoms with Crippen molar-refractivity contribution in [2.45, 2.75) is 156 Å². The molecule has 1 saturated carbocycles. The third kappa shape index (κ3) is 4.23. The molecule has 0 spiro atoms. The van der Waals surface area contributed by atoms with E-state index >= 15 is 0 Å². The van der Waals surface area contributed by atoms with Crippen LogP contribution >= 0.6 is 0 Å². The molecule has 222 valence electrons. The van der Waals surface area contributed by atoms with Crippen molar-refractivity contribution in [2.24, 2.45) is 23.7 Å². The molecule has 0 heterocycles. The minimum Gasteiger partial charge on any atom is -0.314 e. The Hall–Kier alpha value is -1.12. The number of rotatable bonds is 2. The lowest BCUT2D eigenvalue weighted by molar-refractivity contribution is 0.121. The Morgan fingerprint density at radius 1 is 0.700 bits per heavy atom. The van der Waals surface area contributed by atoms with E-state index in [2.05, 4.69) is 139 Å². The number of allylic oxidation sites excluding steroid dienone is 4. The molecule has 5 unspecified atom stereocenters. The average Bonchev–Trinajstić information content (AvgIpc) is 3.15. The van der Waals surface area contributed by atoms with Crippen LogP contribution in [0.4, 0.5) is 0 Å². The van der Waals surface area contributed by atoms with Crippen LogP contribution in [0, 0.1) is 23.7 Å². The minimum absolute atomic E-state index is 0.0652. The van der Waals surface area contributed by atoms with Crippen molar-refractivity contribution < 1.29 is 0 Å². The lowest BCUT2D eigenvalue weighted by Crippen LogP contribution is -2.67. The summed E-state index contributed by atoms with van der Waals surface area (Å²) in [5.41, 5.74) is 11.1. The van der Waals surface area contributed by atoms with E-state index in [9.17, 15) is 0 Å². The van der Waals surface area contributed by atoms with E-state index in [1.54, 1.807) is 33.4 Å². The maximum atomic E-state index is 2.98. The summed E-state index contributed by atoms with van der Waals surface area (Å²) in [6.45, 7) is 40.2. The van der Waals surface area contributed by atoms with Gasteiger partial charge in [-0.15, -0.1) is 0 Å². The monoisotopic (exact) mass is 559 g/mol. The first-order valence-electron chi connectivity index (χ1n) is 16.4. The summed E-state index contributed by atoms with van der Waals surface area (Å²) in [6, 6.07) is 5.32. The third-order valence-electron chi connectivity index (χ3n) is 12.2. The van der Waals surface area contributed by atoms with Gasteiger partial charge in [-0.25, -0.2) is 0 Å². The molecule has 4 aliphatic carbocycles. The zero-order chi connectivity index (χ0) is 30.2. The summed E-state index contributed by atoms with van der Waals surface area (Å²) < 4.78 is 2.98. The molecule has 4 aliphatic rings. The van der Waals surface area contributed by atoms with Crippen LogP contribution in [0.5, 0.6) is 0 Å². The molecular formula is C38H61NSi. The summed E-state index contributed by atoms with van der Waals surface area (Å²) >= 11 is 0. The Labute approximate surface area is 249 Å². The van der Waals surface area contributed by atoms with E-state index in [1.807, 2.05) is 0 Å². The highest BCUT2D eigenvalue weighted by Gasteiger charge is 2.58. The van der Waals surface area contributed by atoms with Gasteiger partial charge < -0.3 is 4.57 Å². The summed E-state index contributed by atoms with van der Waals surface area (Å²) in [4.78, 5) is 0. The summed E-state index contributed by atoms with van der Waals surface area (Å²) in [7, 11) is -1.86. The SMILES string of the molecule is CC1C(C)C([Si](C)(C)N(C(C)(C)C)C(C)(C)C)C2C=C3C(=CC12)C(C)(C)c1cc2c(cc13)C(C)(C)CCC2(C)C. The molecule has 2 heteroatoms. The van der Waals surface area contributed by atoms with E-state index in [1.165, 1.54) is 12.8 Å². The fourth-order valence-corrected chi connectivity index (χ4v) is 17.5. The first-order chi connectivity index (χ1) is 17.9. The van der Waals surface area contributed by atoms with Gasteiger partial charge in [0.25, 0.3) is 0 Å². The maximum Gasteiger partial charge on any atom is 0.127 e. The zero-order valence-corrected chi connectivity index (χ0v) is 30.1. The van der Waals surface area contributed by atoms with E-state index < -0.39 is 8.24 Å². The van der Waals surface area contributed by atoms with Gasteiger partial charge in [0, 0.05) is 16.5 Å². The molecule has 0 N–H and O–H groups in total. The lowest BCUT2D eigenvalue weighted by atomic mass is 9.62. The molecule has 1 aromatic carbocycles. The fourth-order valence-electron chi connectivity index (χ4n) is 10.9. The quantitative estimate of drug-likeness (QED) is 0.326. The van der Waals surface area contributed by atoms with Crippen LogP contribution in [0.15, 0.2) is 29.9 Å². The predicted molar refractivity (Wildman–Crippen MR) is 179 cm³/mol. The standard InChI is InChI=1S/C38H61NSi/c1-23-24(2)33(40(15,16)39(34(3,4)5)35(6,7)8)28-19-26-27-21-31-32(37(11,12)18-17-36(31,9)10)22-30(27)38(13,14)29(26)20-25(23)28/h19-25,28,33H,17-18H2,1-16H3. The number of hydrogen-bond acceptors (Lipinski definition) is 1. The highest BCUT2D eigenvalue weighted by molar-refractivity contribution is 6.76. The van der Waals surface area contributed by atoms with Gasteiger partial charge in [0.1, 0.15) is 8.24 Å². The third-order valence-corrected chi connectivity index (χ3v) is 17.3. The van der Waals surface area contributed by atoms with Crippen molar-refractivity contribution >= 4 is 13.8 Å². The normalized spacial score (nSPS) is 32.2. The van der Waals surface area contributed by atoms with Crippen LogP contribution in [0.1, 0.15) is 132 Å². The van der Waals surface area contributed by atoms with Gasteiger partial charge >= 0.3 is 0 Å². The van der Waals surface area contributed by atoms with Crippen LogP contribution in [0.3, 0.4) is 0 Å². The molecule has 1 fully saturated rings. The van der Waals surface area contributed by atoms with Crippen LogP contribution < -0.4 is 0 Å². The van der Waals surface area contributed by atoms with E-state index in [4.69, 9.17) is 0 Å². The summed E-state index contributed by atoms with van der Waals surface area (Å²) in [5, 5.41) is 0. The Kier molecular flexibility index (Phi) is 6.61. The second-order valence-electron chi connectivity index (χ2n) is 18.7. The van der Waals surface area contributed by atoms with Crippen molar-refractivity contribution in [1.29, 1.82) is 0 Å². The first-order valence-corrected chi connectivity index (χ1v) is 19.4. The average molecular weight is 560 g/mol. The van der Waals surface area contributed by atoms with Crippen LogP contribution in [0.25, 0.3) is 5.57 Å². The summed E-state index contributed by atoms with van der Waals surface area (Å²) in [6.07, 6.45) is 8.16. The zero-order valence-electron chi connectivity index (χ0n) is 29.1. The van der Waals surface area contributed by atoms with Crippen molar-refractivity contribution in [3.63, 3.8) is 0 Å². The van der Waals surface area contributed by atoms with Crippen LogP contribution in [0.2, 0.25) is 18.6 Å². The Bertz CT molecular complexity index is 1260. The highest BCUT2D eigenvalue weighted by atomic mass is 28.3. The molecule has 0 aliphatic heterocycles. The van der Waals surface area contributed by atoms with E-state index in [0.717, 1.165) is 11.5 Å². The minimum atomic E-state index is -1.86. The van der Waals surface area contributed by atoms with Gasteiger partial charge in [0.05, 0.1) is 0 Å². The second-order valence-corrected chi connectivity index (χ2v) is 23.1. The van der Waals surface area contributed by atoms with Gasteiger partial charge in [-0.1, -0.05) is 92.8 Å². The molecule has 1 nitrogen and oxygen atoms in total. The fraction of sp³-hybridized carbons (Fsp3) is 0.737. The molecule has 0 amide bonds. The maximum absolute atomic E-state index is 2.98. The molecule has 1 aromatic rings. The topological polar surface area (TPSA) is 3.24 Å². The second kappa shape index (κ2) is 8.72. The first kappa shape index (κ1) is 30.3. The van der Waals surface area contributed by atoms with Gasteiger partial charge in [0.2, 0.25) is 0 Å². The van der Waals surface area contributed by atoms with Gasteiger partial charge in [-0.05, 0) is 128 Å². The number of hydrogen-bond donors (Lipinski definition) is 0. The number of nitrogens with zero attached hydrogens (tertiary/aromatic N) is 1. The van der Waals surface area contributed by atoms with Crippen molar-refractivity contribution in [3.8, 4) is 0 Å². The van der Waals surface area contributed by atoms with Crippen molar-refractivity contribution in [3.05, 3.63) is 52.1 Å². The van der Waals surface area contributed by atoms with Crippen LogP contribution in [-0.2, 0) is 16.2 Å². The lowest BCUT2D eigenvalue weighted by Gasteiger charge is -2.57. The Morgan fingerprint density at radius 3 is 1.70 bits per heavy atom. The van der Waals surface area contributed by atoms with E-state index in [0.29, 0.717) is 17.8 Å². The predicted octanol–water partition coefficient (Wildman–Crippen LogP) is 10.6. The number of benzene rings is 1. The van der Waals surface area contributed by atoms with Gasteiger partial charge in [-0.3, -0.25) is 0 Å². The van der Waals surface area contributed by atoms with Crippen molar-refractivity contribution in [1.82, 2.24) is 4.57 Å². The molecule has 0 saturated heterocycles. The molecule has 0 radical (unpaired) electrons. The molecule has 0 aromatic heterocycles. The molecule has 5 rings (SSSR count). The molecular weight excluding hydrogens is 499 g/mol. The van der Waals surface area contributed by atoms with Crippen molar-refractivity contribution in [2.75, 3.05) is 0 Å².